The van der Waals surface area contributed by atoms with Crippen LogP contribution in [0.15, 0.2) is 95.4 Å². The molecule has 1 saturated heterocycles. The van der Waals surface area contributed by atoms with E-state index in [0.717, 1.165) is 38.5 Å². The highest BCUT2D eigenvalue weighted by Gasteiger charge is 2.57. The maximum atomic E-state index is 6.55. The van der Waals surface area contributed by atoms with Gasteiger partial charge < -0.3 is 13.7 Å². The minimum absolute atomic E-state index is 0.516. The Labute approximate surface area is 200 Å². The first kappa shape index (κ1) is 21.1. The Morgan fingerprint density at radius 1 is 0.618 bits per heavy atom. The fraction of sp³-hybridized carbons (Fsp3) is 0.167. The van der Waals surface area contributed by atoms with Gasteiger partial charge >= 0.3 is 7.12 Å². The largest absolute Gasteiger partial charge is 0.501 e. The quantitative estimate of drug-likeness (QED) is 0.221. The normalized spacial score (nSPS) is 19.8. The average molecular weight is 445 g/mol. The molecule has 0 N–H and O–H groups in total. The lowest BCUT2D eigenvalue weighted by Crippen LogP contribution is -2.42. The second-order valence-corrected chi connectivity index (χ2v) is 9.76. The van der Waals surface area contributed by atoms with Crippen LogP contribution in [0.3, 0.4) is 0 Å². The van der Waals surface area contributed by atoms with Crippen molar-refractivity contribution in [2.45, 2.75) is 32.0 Å². The van der Waals surface area contributed by atoms with Gasteiger partial charge in [-0.15, -0.1) is 0 Å². The van der Waals surface area contributed by atoms with E-state index in [1.165, 1.54) is 11.1 Å². The molecule has 2 heterocycles. The number of hydrogen-bond acceptors (Lipinski definition) is 3. The fourth-order valence-electron chi connectivity index (χ4n) is 4.65. The lowest BCUT2D eigenvalue weighted by atomic mass is 9.78. The minimum Gasteiger partial charge on any atom is -0.456 e. The molecule has 0 spiro atoms. The van der Waals surface area contributed by atoms with Crippen molar-refractivity contribution in [2.75, 3.05) is 0 Å². The maximum Gasteiger partial charge on any atom is 0.501 e. The van der Waals surface area contributed by atoms with Gasteiger partial charge in [0.2, 0.25) is 5.60 Å². The van der Waals surface area contributed by atoms with Gasteiger partial charge in [-0.05, 0) is 30.5 Å². The average Bonchev–Trinajstić information content (AvgIpc) is 3.33. The molecule has 4 aromatic carbocycles. The number of hydrogen-bond donors (Lipinski definition) is 0. The van der Waals surface area contributed by atoms with Crippen LogP contribution in [0.5, 0.6) is 0 Å². The molecule has 0 saturated carbocycles. The van der Waals surface area contributed by atoms with Gasteiger partial charge in [0.25, 0.3) is 0 Å². The van der Waals surface area contributed by atoms with Crippen molar-refractivity contribution < 1.29 is 13.7 Å². The third-order valence-corrected chi connectivity index (χ3v) is 7.15. The Balaban J connectivity index is 1.46. The Hall–Kier alpha value is -3.47. The molecule has 3 nitrogen and oxygen atoms in total. The summed E-state index contributed by atoms with van der Waals surface area (Å²) >= 11 is 0. The summed E-state index contributed by atoms with van der Waals surface area (Å²) in [5.41, 5.74) is 5.96. The lowest BCUT2D eigenvalue weighted by Gasteiger charge is -2.25. The van der Waals surface area contributed by atoms with Gasteiger partial charge in [-0.2, -0.15) is 0 Å². The predicted octanol–water partition coefficient (Wildman–Crippen LogP) is 7.03. The molecule has 0 aliphatic carbocycles. The molecule has 34 heavy (non-hydrogen) atoms. The number of para-hydroxylation sites is 2. The van der Waals surface area contributed by atoms with E-state index in [2.05, 4.69) is 79.7 Å². The van der Waals surface area contributed by atoms with E-state index in [-0.39, 0.29) is 0 Å². The Morgan fingerprint density at radius 2 is 1.24 bits per heavy atom. The number of fused-ring (bicyclic) bond motifs is 3. The molecule has 0 bridgehead atoms. The molecule has 0 amide bonds. The molecule has 1 aliphatic rings. The number of furan rings is 1. The van der Waals surface area contributed by atoms with Crippen LogP contribution in [0.4, 0.5) is 0 Å². The molecule has 1 aliphatic heterocycles. The molecule has 1 fully saturated rings. The third-order valence-electron chi connectivity index (χ3n) is 7.15. The maximum absolute atomic E-state index is 6.55. The standard InChI is InChI=1S/C30H26BO3/c1-29(2)30(3,4)34-31(33-29)26-15-9-14-25-24-13-8-12-23(27(24)32-28(25)26)22-18-16-21(17-19-22)20-10-6-5-7-11-20/h5-19H,1H2,2-4H3/q+1. The van der Waals surface area contributed by atoms with Crippen LogP contribution in [0, 0.1) is 6.92 Å². The highest BCUT2D eigenvalue weighted by Crippen LogP contribution is 2.39. The molecule has 166 valence electrons. The number of benzene rings is 4. The monoisotopic (exact) mass is 445 g/mol. The smallest absolute Gasteiger partial charge is 0.456 e. The zero-order valence-electron chi connectivity index (χ0n) is 19.7. The van der Waals surface area contributed by atoms with E-state index in [0.29, 0.717) is 0 Å². The topological polar surface area (TPSA) is 31.6 Å². The first-order chi connectivity index (χ1) is 16.3. The van der Waals surface area contributed by atoms with Crippen LogP contribution >= 0.6 is 0 Å². The number of rotatable bonds is 3. The molecule has 6 rings (SSSR count). The summed E-state index contributed by atoms with van der Waals surface area (Å²) in [6, 6.07) is 31.5. The Kier molecular flexibility index (Phi) is 4.67. The lowest BCUT2D eigenvalue weighted by molar-refractivity contribution is 0.0262. The van der Waals surface area contributed by atoms with Crippen molar-refractivity contribution >= 4 is 34.5 Å². The van der Waals surface area contributed by atoms with Gasteiger partial charge in [-0.3, -0.25) is 0 Å². The second-order valence-electron chi connectivity index (χ2n) is 9.76. The molecule has 5 aromatic rings. The van der Waals surface area contributed by atoms with Crippen molar-refractivity contribution in [3.8, 4) is 22.3 Å². The van der Waals surface area contributed by atoms with E-state index in [1.807, 2.05) is 39.0 Å². The SMILES string of the molecule is [CH2+]C1(C)OB(c2cccc3c2oc2c(-c4ccc(-c5ccccc5)cc4)cccc23)OC1(C)C. The summed E-state index contributed by atoms with van der Waals surface area (Å²) in [7, 11) is -0.532. The van der Waals surface area contributed by atoms with Gasteiger partial charge in [-0.25, -0.2) is 0 Å². The Morgan fingerprint density at radius 3 is 1.91 bits per heavy atom. The van der Waals surface area contributed by atoms with Crippen LogP contribution in [-0.2, 0) is 9.31 Å². The van der Waals surface area contributed by atoms with Crippen LogP contribution < -0.4 is 5.46 Å². The van der Waals surface area contributed by atoms with Gasteiger partial charge in [0.1, 0.15) is 16.8 Å². The fourth-order valence-corrected chi connectivity index (χ4v) is 4.65. The summed E-state index contributed by atoms with van der Waals surface area (Å²) in [5.74, 6) is 0. The van der Waals surface area contributed by atoms with E-state index in [9.17, 15) is 0 Å². The van der Waals surface area contributed by atoms with E-state index in [1.54, 1.807) is 0 Å². The molecule has 1 unspecified atom stereocenters. The molecule has 0 radical (unpaired) electrons. The molecule has 1 aromatic heterocycles. The molecule has 4 heteroatoms. The Bertz CT molecular complexity index is 1480. The summed E-state index contributed by atoms with van der Waals surface area (Å²) < 4.78 is 19.1. The third kappa shape index (κ3) is 3.25. The van der Waals surface area contributed by atoms with Crippen molar-refractivity contribution in [1.82, 2.24) is 0 Å². The second kappa shape index (κ2) is 7.52. The van der Waals surface area contributed by atoms with E-state index >= 15 is 0 Å². The molecule has 1 atom stereocenters. The van der Waals surface area contributed by atoms with Crippen molar-refractivity contribution in [3.05, 3.63) is 97.9 Å². The van der Waals surface area contributed by atoms with E-state index in [4.69, 9.17) is 13.7 Å². The first-order valence-corrected chi connectivity index (χ1v) is 11.7. The highest BCUT2D eigenvalue weighted by atomic mass is 16.7. The predicted molar refractivity (Wildman–Crippen MR) is 140 cm³/mol. The van der Waals surface area contributed by atoms with Gasteiger partial charge in [0, 0.05) is 28.7 Å². The molecular weight excluding hydrogens is 419 g/mol. The van der Waals surface area contributed by atoms with Crippen molar-refractivity contribution in [3.63, 3.8) is 0 Å². The summed E-state index contributed by atoms with van der Waals surface area (Å²) in [6.07, 6.45) is 0. The van der Waals surface area contributed by atoms with Crippen LogP contribution in [0.2, 0.25) is 0 Å². The highest BCUT2D eigenvalue weighted by molar-refractivity contribution is 6.65. The van der Waals surface area contributed by atoms with Crippen molar-refractivity contribution in [1.29, 1.82) is 0 Å². The van der Waals surface area contributed by atoms with Crippen LogP contribution in [-0.4, -0.2) is 18.3 Å². The van der Waals surface area contributed by atoms with Crippen LogP contribution in [0.25, 0.3) is 44.2 Å². The van der Waals surface area contributed by atoms with Gasteiger partial charge in [-0.1, -0.05) is 91.0 Å². The summed E-state index contributed by atoms with van der Waals surface area (Å²) in [6.45, 7) is 10.2. The summed E-state index contributed by atoms with van der Waals surface area (Å²) in [5, 5.41) is 2.13. The van der Waals surface area contributed by atoms with Crippen molar-refractivity contribution in [2.24, 2.45) is 0 Å². The van der Waals surface area contributed by atoms with E-state index < -0.39 is 18.3 Å². The van der Waals surface area contributed by atoms with Gasteiger partial charge in [0.05, 0.1) is 6.92 Å². The first-order valence-electron chi connectivity index (χ1n) is 11.7. The molecular formula is C30H26BO3+. The zero-order valence-corrected chi connectivity index (χ0v) is 19.7. The minimum atomic E-state index is -0.655. The van der Waals surface area contributed by atoms with Gasteiger partial charge in [0.15, 0.2) is 0 Å². The zero-order chi connectivity index (χ0) is 23.5. The summed E-state index contributed by atoms with van der Waals surface area (Å²) in [4.78, 5) is 0. The van der Waals surface area contributed by atoms with Crippen LogP contribution in [0.1, 0.15) is 20.8 Å².